The van der Waals surface area contributed by atoms with Crippen LogP contribution in [0, 0.1) is 0 Å². The Hall–Kier alpha value is -4.62. The highest BCUT2D eigenvalue weighted by atomic mass is 16.6. The Morgan fingerprint density at radius 2 is 1.26 bits per heavy atom. The van der Waals surface area contributed by atoms with Gasteiger partial charge >= 0.3 is 12.2 Å². The third kappa shape index (κ3) is 10.2. The highest BCUT2D eigenvalue weighted by molar-refractivity contribution is 5.79. The summed E-state index contributed by atoms with van der Waals surface area (Å²) in [5.74, 6) is 0.0301. The number of ether oxygens (including phenoxy) is 2. The normalized spacial score (nSPS) is 13.0. The van der Waals surface area contributed by atoms with E-state index in [1.165, 1.54) is 33.4 Å². The second-order valence-electron chi connectivity index (χ2n) is 13.2. The predicted octanol–water partition coefficient (Wildman–Crippen LogP) is 8.29. The molecule has 7 heteroatoms. The van der Waals surface area contributed by atoms with E-state index in [2.05, 4.69) is 88.3 Å². The summed E-state index contributed by atoms with van der Waals surface area (Å²) in [4.78, 5) is 27.9. The van der Waals surface area contributed by atoms with Crippen LogP contribution in [-0.4, -0.2) is 48.4 Å². The van der Waals surface area contributed by atoms with Gasteiger partial charge in [-0.2, -0.15) is 0 Å². The van der Waals surface area contributed by atoms with Crippen molar-refractivity contribution in [3.8, 4) is 11.1 Å². The molecule has 0 spiro atoms. The molecule has 0 saturated carbocycles. The standard InChI is InChI=1S/C40H47N3O4/c1-40(2,3)47-39(45)42-32(28-43(26-30-16-6-4-7-17-30)27-31-18-8-5-9-19-31)20-14-15-25-41-38(44)46-29-37-35-23-12-10-21-33(35)34-22-11-13-24-36(34)37/h4-13,16-19,21-24,32,37H,14-15,20,25-29H2,1-3H3,(H,41,44)(H,42,45)/t32-/m0/s1. The molecule has 0 aromatic heterocycles. The van der Waals surface area contributed by atoms with Gasteiger partial charge in [0.2, 0.25) is 0 Å². The molecule has 4 aromatic rings. The topological polar surface area (TPSA) is 79.9 Å². The number of nitrogens with zero attached hydrogens (tertiary/aromatic N) is 1. The number of rotatable bonds is 14. The summed E-state index contributed by atoms with van der Waals surface area (Å²) in [6.07, 6.45) is 1.49. The van der Waals surface area contributed by atoms with Crippen LogP contribution in [0.25, 0.3) is 11.1 Å². The lowest BCUT2D eigenvalue weighted by molar-refractivity contribution is 0.0485. The number of carbonyl (C=O) groups excluding carboxylic acids is 2. The minimum atomic E-state index is -0.588. The second kappa shape index (κ2) is 16.3. The highest BCUT2D eigenvalue weighted by Gasteiger charge is 2.29. The fourth-order valence-corrected chi connectivity index (χ4v) is 6.22. The maximum absolute atomic E-state index is 12.9. The van der Waals surface area contributed by atoms with Gasteiger partial charge in [0.1, 0.15) is 12.2 Å². The largest absolute Gasteiger partial charge is 0.449 e. The van der Waals surface area contributed by atoms with Gasteiger partial charge in [-0.3, -0.25) is 4.90 Å². The summed E-state index contributed by atoms with van der Waals surface area (Å²) in [5.41, 5.74) is 6.64. The molecule has 0 fully saturated rings. The van der Waals surface area contributed by atoms with E-state index in [9.17, 15) is 9.59 Å². The van der Waals surface area contributed by atoms with Crippen molar-refractivity contribution in [1.82, 2.24) is 15.5 Å². The van der Waals surface area contributed by atoms with Crippen molar-refractivity contribution in [3.05, 3.63) is 131 Å². The summed E-state index contributed by atoms with van der Waals surface area (Å²) < 4.78 is 11.3. The van der Waals surface area contributed by atoms with Crippen molar-refractivity contribution < 1.29 is 19.1 Å². The maximum Gasteiger partial charge on any atom is 0.407 e. The molecule has 2 amide bonds. The Morgan fingerprint density at radius 1 is 0.723 bits per heavy atom. The number of carbonyl (C=O) groups is 2. The van der Waals surface area contributed by atoms with Crippen LogP contribution in [0.15, 0.2) is 109 Å². The molecule has 1 aliphatic carbocycles. The van der Waals surface area contributed by atoms with Crippen LogP contribution in [-0.2, 0) is 22.6 Å². The lowest BCUT2D eigenvalue weighted by Crippen LogP contribution is -2.45. The first-order valence-electron chi connectivity index (χ1n) is 16.6. The molecule has 4 aromatic carbocycles. The smallest absolute Gasteiger partial charge is 0.407 e. The van der Waals surface area contributed by atoms with Crippen molar-refractivity contribution in [2.45, 2.75) is 70.7 Å². The molecule has 0 heterocycles. The molecule has 47 heavy (non-hydrogen) atoms. The minimum Gasteiger partial charge on any atom is -0.449 e. The highest BCUT2D eigenvalue weighted by Crippen LogP contribution is 2.44. The molecule has 1 aliphatic rings. The zero-order valence-corrected chi connectivity index (χ0v) is 27.8. The molecule has 1 atom stereocenters. The molecule has 246 valence electrons. The van der Waals surface area contributed by atoms with Gasteiger partial charge < -0.3 is 20.1 Å². The van der Waals surface area contributed by atoms with E-state index in [0.29, 0.717) is 19.7 Å². The van der Waals surface area contributed by atoms with Crippen molar-refractivity contribution >= 4 is 12.2 Å². The van der Waals surface area contributed by atoms with E-state index < -0.39 is 17.8 Å². The van der Waals surface area contributed by atoms with Crippen molar-refractivity contribution in [1.29, 1.82) is 0 Å². The molecule has 7 nitrogen and oxygen atoms in total. The third-order valence-corrected chi connectivity index (χ3v) is 8.29. The van der Waals surface area contributed by atoms with Gasteiger partial charge in [-0.1, -0.05) is 109 Å². The molecular formula is C40H47N3O4. The van der Waals surface area contributed by atoms with Crippen LogP contribution >= 0.6 is 0 Å². The molecule has 5 rings (SSSR count). The zero-order chi connectivity index (χ0) is 33.1. The minimum absolute atomic E-state index is 0.0301. The Labute approximate surface area is 279 Å². The number of alkyl carbamates (subject to hydrolysis) is 2. The summed E-state index contributed by atoms with van der Waals surface area (Å²) in [5, 5.41) is 6.05. The number of hydrogen-bond donors (Lipinski definition) is 2. The van der Waals surface area contributed by atoms with Gasteiger partial charge in [0.05, 0.1) is 0 Å². The van der Waals surface area contributed by atoms with E-state index in [1.54, 1.807) is 0 Å². The van der Waals surface area contributed by atoms with E-state index in [4.69, 9.17) is 9.47 Å². The number of benzene rings is 4. The monoisotopic (exact) mass is 633 g/mol. The molecular weight excluding hydrogens is 586 g/mol. The first-order chi connectivity index (χ1) is 22.7. The van der Waals surface area contributed by atoms with Crippen LogP contribution in [0.3, 0.4) is 0 Å². The summed E-state index contributed by atoms with van der Waals surface area (Å²) >= 11 is 0. The van der Waals surface area contributed by atoms with Crippen LogP contribution in [0.5, 0.6) is 0 Å². The molecule has 0 aliphatic heterocycles. The molecule has 0 radical (unpaired) electrons. The fourth-order valence-electron chi connectivity index (χ4n) is 6.22. The fraction of sp³-hybridized carbons (Fsp3) is 0.350. The summed E-state index contributed by atoms with van der Waals surface area (Å²) in [6.45, 7) is 8.56. The van der Waals surface area contributed by atoms with Gasteiger partial charge in [-0.25, -0.2) is 9.59 Å². The lowest BCUT2D eigenvalue weighted by Gasteiger charge is -2.29. The van der Waals surface area contributed by atoms with Crippen LogP contribution in [0.2, 0.25) is 0 Å². The van der Waals surface area contributed by atoms with Crippen molar-refractivity contribution in [3.63, 3.8) is 0 Å². The Bertz CT molecular complexity index is 1500. The average molecular weight is 634 g/mol. The molecule has 0 saturated heterocycles. The van der Waals surface area contributed by atoms with Crippen LogP contribution in [0.1, 0.15) is 68.2 Å². The van der Waals surface area contributed by atoms with Crippen molar-refractivity contribution in [2.24, 2.45) is 0 Å². The summed E-state index contributed by atoms with van der Waals surface area (Å²) in [7, 11) is 0. The lowest BCUT2D eigenvalue weighted by atomic mass is 9.98. The van der Waals surface area contributed by atoms with Gasteiger partial charge in [0.25, 0.3) is 0 Å². The van der Waals surface area contributed by atoms with E-state index in [0.717, 1.165) is 32.4 Å². The van der Waals surface area contributed by atoms with E-state index in [-0.39, 0.29) is 12.0 Å². The average Bonchev–Trinajstić information content (AvgIpc) is 3.37. The SMILES string of the molecule is CC(C)(C)OC(=O)N[C@@H](CCCCNC(=O)OCC1c2ccccc2-c2ccccc21)CN(Cc1ccccc1)Cc1ccccc1. The van der Waals surface area contributed by atoms with E-state index in [1.807, 2.05) is 57.2 Å². The Balaban J connectivity index is 1.14. The Morgan fingerprint density at radius 3 is 1.81 bits per heavy atom. The number of amides is 2. The quantitative estimate of drug-likeness (QED) is 0.137. The first-order valence-corrected chi connectivity index (χ1v) is 16.6. The molecule has 2 N–H and O–H groups in total. The third-order valence-electron chi connectivity index (χ3n) is 8.29. The zero-order valence-electron chi connectivity index (χ0n) is 27.8. The van der Waals surface area contributed by atoms with Crippen molar-refractivity contribution in [2.75, 3.05) is 19.7 Å². The van der Waals surface area contributed by atoms with Crippen LogP contribution in [0.4, 0.5) is 9.59 Å². The predicted molar refractivity (Wildman–Crippen MR) is 187 cm³/mol. The molecule has 0 bridgehead atoms. The number of unbranched alkanes of at least 4 members (excludes halogenated alkanes) is 1. The van der Waals surface area contributed by atoms with Gasteiger partial charge in [0, 0.05) is 38.1 Å². The molecule has 0 unspecified atom stereocenters. The second-order valence-corrected chi connectivity index (χ2v) is 13.2. The van der Waals surface area contributed by atoms with E-state index >= 15 is 0 Å². The van der Waals surface area contributed by atoms with Gasteiger partial charge in [0.15, 0.2) is 0 Å². The maximum atomic E-state index is 12.9. The Kier molecular flexibility index (Phi) is 11.7. The number of fused-ring (bicyclic) bond motifs is 3. The van der Waals surface area contributed by atoms with Gasteiger partial charge in [-0.15, -0.1) is 0 Å². The van der Waals surface area contributed by atoms with Crippen LogP contribution < -0.4 is 10.6 Å². The summed E-state index contributed by atoms with van der Waals surface area (Å²) in [6, 6.07) is 37.3. The number of hydrogen-bond acceptors (Lipinski definition) is 5. The van der Waals surface area contributed by atoms with Gasteiger partial charge in [-0.05, 0) is 73.4 Å². The first kappa shape index (κ1) is 33.7. The number of nitrogens with one attached hydrogen (secondary N) is 2.